The van der Waals surface area contributed by atoms with Crippen molar-refractivity contribution in [3.05, 3.63) is 303 Å². The molecule has 2 spiro atoms. The fourth-order valence-corrected chi connectivity index (χ4v) is 16.2. The number of aryl methyl sites for hydroxylation is 1. The quantitative estimate of drug-likeness (QED) is 0.166. The smallest absolute Gasteiger partial charge is 0.0726 e. The summed E-state index contributed by atoms with van der Waals surface area (Å²) >= 11 is 0. The number of fused-ring (bicyclic) bond motifs is 20. The number of benzene rings is 11. The zero-order valence-electron chi connectivity index (χ0n) is 48.4. The molecular weight excluding hydrogens is 987 g/mol. The Morgan fingerprint density at radius 2 is 0.756 bits per heavy atom. The Labute approximate surface area is 484 Å². The first-order chi connectivity index (χ1) is 39.7. The minimum Gasteiger partial charge on any atom is -0.310 e. The summed E-state index contributed by atoms with van der Waals surface area (Å²) in [6.07, 6.45) is 2.11. The molecule has 0 amide bonds. The van der Waals surface area contributed by atoms with Crippen molar-refractivity contribution in [3.63, 3.8) is 0 Å². The van der Waals surface area contributed by atoms with E-state index in [0.717, 1.165) is 29.9 Å². The Morgan fingerprint density at radius 1 is 0.317 bits per heavy atom. The van der Waals surface area contributed by atoms with Crippen LogP contribution in [0.4, 0.5) is 17.1 Å². The molecule has 11 aromatic carbocycles. The molecule has 1 atom stereocenters. The van der Waals surface area contributed by atoms with Crippen LogP contribution in [0.25, 0.3) is 66.8 Å². The molecule has 1 heteroatoms. The standard InChI is InChI=1S/C81H67N/c1-77(2,3)52-34-42-72-66(46-52)67-47-53(78(4,5)6)35-43-73(67)81(72)71-31-18-14-24-60(71)63-41-39-56(49-75(63)81)82(55-38-40-62-59-23-13-17-30-70(59)80(74(62)48-55)45-44-51-20-9-15-28-68(51)80)54-36-32-50(33-37-54)57-21-10-11-22-58(57)64-26-19-27-65-61-25-12-16-29-69(61)79(7,8)76(64)65/h9-43,46-49H,44-45H2,1-8H3. The van der Waals surface area contributed by atoms with Crippen molar-refractivity contribution in [2.45, 2.75) is 95.3 Å². The predicted molar refractivity (Wildman–Crippen MR) is 343 cm³/mol. The Balaban J connectivity index is 0.910. The van der Waals surface area contributed by atoms with Crippen LogP contribution in [-0.2, 0) is 33.5 Å². The van der Waals surface area contributed by atoms with E-state index in [1.807, 2.05) is 0 Å². The minimum atomic E-state index is -0.524. The summed E-state index contributed by atoms with van der Waals surface area (Å²) in [4.78, 5) is 2.57. The lowest BCUT2D eigenvalue weighted by Crippen LogP contribution is -2.26. The lowest BCUT2D eigenvalue weighted by Gasteiger charge is -2.33. The van der Waals surface area contributed by atoms with E-state index in [-0.39, 0.29) is 21.7 Å². The molecule has 1 nitrogen and oxygen atoms in total. The van der Waals surface area contributed by atoms with Crippen LogP contribution in [0.3, 0.4) is 0 Å². The van der Waals surface area contributed by atoms with Crippen molar-refractivity contribution in [2.75, 3.05) is 4.90 Å². The molecule has 0 saturated heterocycles. The third kappa shape index (κ3) is 6.63. The molecule has 5 aliphatic rings. The normalized spacial score (nSPS) is 16.7. The van der Waals surface area contributed by atoms with Gasteiger partial charge in [0.1, 0.15) is 0 Å². The first-order valence-corrected chi connectivity index (χ1v) is 29.8. The van der Waals surface area contributed by atoms with Crippen molar-refractivity contribution in [1.82, 2.24) is 0 Å². The van der Waals surface area contributed by atoms with Gasteiger partial charge in [0.25, 0.3) is 0 Å². The zero-order chi connectivity index (χ0) is 55.7. The van der Waals surface area contributed by atoms with Gasteiger partial charge in [-0.1, -0.05) is 256 Å². The first-order valence-electron chi connectivity index (χ1n) is 29.8. The van der Waals surface area contributed by atoms with Crippen molar-refractivity contribution < 1.29 is 0 Å². The van der Waals surface area contributed by atoms with Gasteiger partial charge in [0.2, 0.25) is 0 Å². The van der Waals surface area contributed by atoms with Gasteiger partial charge in [0.15, 0.2) is 0 Å². The van der Waals surface area contributed by atoms with Gasteiger partial charge in [0.05, 0.1) is 5.41 Å². The molecule has 0 saturated carbocycles. The van der Waals surface area contributed by atoms with Gasteiger partial charge in [-0.3, -0.25) is 0 Å². The molecule has 11 aromatic rings. The minimum absolute atomic E-state index is 0.00909. The molecule has 0 heterocycles. The summed E-state index contributed by atoms with van der Waals surface area (Å²) in [5.41, 5.74) is 34.9. The summed E-state index contributed by atoms with van der Waals surface area (Å²) in [6, 6.07) is 91.8. The molecule has 396 valence electrons. The van der Waals surface area contributed by atoms with Crippen LogP contribution >= 0.6 is 0 Å². The van der Waals surface area contributed by atoms with E-state index in [1.54, 1.807) is 0 Å². The number of hydrogen-bond donors (Lipinski definition) is 0. The van der Waals surface area contributed by atoms with Crippen LogP contribution < -0.4 is 4.90 Å². The van der Waals surface area contributed by atoms with E-state index in [9.17, 15) is 0 Å². The maximum Gasteiger partial charge on any atom is 0.0726 e. The fraction of sp³-hybridized carbons (Fsp3) is 0.185. The number of hydrogen-bond acceptors (Lipinski definition) is 1. The maximum absolute atomic E-state index is 2.57. The second-order valence-corrected chi connectivity index (χ2v) is 26.7. The summed E-state index contributed by atoms with van der Waals surface area (Å²) in [5.74, 6) is 0. The third-order valence-corrected chi connectivity index (χ3v) is 20.0. The van der Waals surface area contributed by atoms with Crippen LogP contribution in [0.1, 0.15) is 129 Å². The van der Waals surface area contributed by atoms with Crippen LogP contribution in [0.5, 0.6) is 0 Å². The van der Waals surface area contributed by atoms with Crippen LogP contribution in [0.2, 0.25) is 0 Å². The average molecular weight is 1050 g/mol. The summed E-state index contributed by atoms with van der Waals surface area (Å²) in [5, 5.41) is 0. The van der Waals surface area contributed by atoms with Gasteiger partial charge in [0, 0.05) is 27.9 Å². The highest BCUT2D eigenvalue weighted by atomic mass is 15.1. The zero-order valence-corrected chi connectivity index (χ0v) is 48.4. The molecule has 0 N–H and O–H groups in total. The molecule has 0 bridgehead atoms. The van der Waals surface area contributed by atoms with Gasteiger partial charge in [-0.05, 0) is 194 Å². The van der Waals surface area contributed by atoms with E-state index in [2.05, 4.69) is 297 Å². The van der Waals surface area contributed by atoms with E-state index < -0.39 is 5.41 Å². The lowest BCUT2D eigenvalue weighted by molar-refractivity contribution is 0.589. The van der Waals surface area contributed by atoms with Gasteiger partial charge in [-0.25, -0.2) is 0 Å². The molecule has 16 rings (SSSR count). The number of anilines is 3. The Bertz CT molecular complexity index is 4450. The van der Waals surface area contributed by atoms with Crippen molar-refractivity contribution in [2.24, 2.45) is 0 Å². The first kappa shape index (κ1) is 49.1. The SMILES string of the molecule is CC(C)(C)c1ccc2c(c1)-c1cc(C(C)(C)C)ccc1C21c2ccccc2-c2ccc(N(c3ccc(-c4ccccc4-c4cccc5c4C(C)(C)c4ccccc4-5)cc3)c3ccc4c(c3)C3(CCc5ccccc53)c3ccccc3-4)cc21. The molecule has 0 fully saturated rings. The van der Waals surface area contributed by atoms with E-state index in [1.165, 1.54) is 134 Å². The van der Waals surface area contributed by atoms with Gasteiger partial charge >= 0.3 is 0 Å². The Hall–Kier alpha value is -8.78. The summed E-state index contributed by atoms with van der Waals surface area (Å²) in [7, 11) is 0. The molecule has 1 unspecified atom stereocenters. The van der Waals surface area contributed by atoms with Crippen molar-refractivity contribution in [3.8, 4) is 66.8 Å². The summed E-state index contributed by atoms with van der Waals surface area (Å²) in [6.45, 7) is 18.9. The predicted octanol–water partition coefficient (Wildman–Crippen LogP) is 21.0. The molecule has 82 heavy (non-hydrogen) atoms. The number of nitrogens with zero attached hydrogens (tertiary/aromatic N) is 1. The van der Waals surface area contributed by atoms with Crippen LogP contribution in [0.15, 0.2) is 237 Å². The van der Waals surface area contributed by atoms with E-state index in [4.69, 9.17) is 0 Å². The van der Waals surface area contributed by atoms with Gasteiger partial charge in [-0.2, -0.15) is 0 Å². The highest BCUT2D eigenvalue weighted by molar-refractivity contribution is 5.98. The van der Waals surface area contributed by atoms with Crippen LogP contribution in [0, 0.1) is 0 Å². The van der Waals surface area contributed by atoms with Crippen LogP contribution in [-0.4, -0.2) is 0 Å². The molecular formula is C81H67N. The van der Waals surface area contributed by atoms with Gasteiger partial charge in [-0.15, -0.1) is 0 Å². The maximum atomic E-state index is 2.57. The molecule has 5 aliphatic carbocycles. The largest absolute Gasteiger partial charge is 0.310 e. The Morgan fingerprint density at radius 3 is 1.38 bits per heavy atom. The lowest BCUT2D eigenvalue weighted by atomic mass is 9.70. The molecule has 0 radical (unpaired) electrons. The Kier molecular flexibility index (Phi) is 10.3. The monoisotopic (exact) mass is 1050 g/mol. The topological polar surface area (TPSA) is 3.24 Å². The second-order valence-electron chi connectivity index (χ2n) is 26.7. The number of rotatable bonds is 5. The highest BCUT2D eigenvalue weighted by Crippen LogP contribution is 2.65. The van der Waals surface area contributed by atoms with Gasteiger partial charge < -0.3 is 4.90 Å². The highest BCUT2D eigenvalue weighted by Gasteiger charge is 2.53. The second kappa shape index (κ2) is 17.1. The average Bonchev–Trinajstić information content (AvgIpc) is 1.98. The third-order valence-electron chi connectivity index (χ3n) is 20.0. The van der Waals surface area contributed by atoms with Crippen molar-refractivity contribution in [1.29, 1.82) is 0 Å². The molecule has 0 aliphatic heterocycles. The fourth-order valence-electron chi connectivity index (χ4n) is 16.2. The summed E-state index contributed by atoms with van der Waals surface area (Å²) < 4.78 is 0. The van der Waals surface area contributed by atoms with E-state index >= 15 is 0 Å². The van der Waals surface area contributed by atoms with Crippen molar-refractivity contribution >= 4 is 17.1 Å². The molecule has 0 aromatic heterocycles. The van der Waals surface area contributed by atoms with E-state index in [0.29, 0.717) is 0 Å².